The van der Waals surface area contributed by atoms with E-state index in [0.29, 0.717) is 80.6 Å². The van der Waals surface area contributed by atoms with Gasteiger partial charge in [0.1, 0.15) is 6.61 Å². The number of nitrogens with zero attached hydrogens (tertiary/aromatic N) is 5. The Bertz CT molecular complexity index is 1690. The Balaban J connectivity index is 1.30. The van der Waals surface area contributed by atoms with E-state index < -0.39 is 18.8 Å². The highest BCUT2D eigenvalue weighted by atomic mass is 31.2. The number of phosphoric ester groups is 1. The van der Waals surface area contributed by atoms with Gasteiger partial charge in [-0.05, 0) is 82.3 Å². The van der Waals surface area contributed by atoms with Crippen molar-refractivity contribution in [3.8, 4) is 0 Å². The number of aliphatic hydroxyl groups excluding tert-OH is 1. The average Bonchev–Trinajstić information content (AvgIpc) is 3.15. The predicted octanol–water partition coefficient (Wildman–Crippen LogP) is 7.37. The molecule has 53 heavy (non-hydrogen) atoms. The van der Waals surface area contributed by atoms with Gasteiger partial charge in [-0.15, -0.1) is 5.11 Å². The lowest BCUT2D eigenvalue weighted by Crippen LogP contribution is -2.26. The lowest BCUT2D eigenvalue weighted by molar-refractivity contribution is -0.383. The number of hydrogen-bond acceptors (Lipinski definition) is 13. The molecule has 0 aliphatic carbocycles. The van der Waals surface area contributed by atoms with Crippen LogP contribution in [0.3, 0.4) is 0 Å². The molecule has 16 nitrogen and oxygen atoms in total. The van der Waals surface area contributed by atoms with Crippen LogP contribution < -0.4 is 10.2 Å². The number of phosphoric acid groups is 1. The molecule has 3 aromatic rings. The van der Waals surface area contributed by atoms with E-state index in [1.54, 1.807) is 31.2 Å². The van der Waals surface area contributed by atoms with Crippen molar-refractivity contribution in [2.45, 2.75) is 65.4 Å². The van der Waals surface area contributed by atoms with Crippen LogP contribution in [0.1, 0.15) is 59.3 Å². The number of hydrogen-bond donors (Lipinski definition) is 3. The minimum Gasteiger partial charge on any atom is -0.396 e. The first-order valence-corrected chi connectivity index (χ1v) is 19.3. The van der Waals surface area contributed by atoms with Gasteiger partial charge in [-0.2, -0.15) is 5.11 Å². The summed E-state index contributed by atoms with van der Waals surface area (Å²) in [6, 6.07) is 17.7. The summed E-state index contributed by atoms with van der Waals surface area (Å²) in [6.45, 7) is 8.14. The van der Waals surface area contributed by atoms with Crippen molar-refractivity contribution in [2.24, 2.45) is 15.4 Å². The van der Waals surface area contributed by atoms with Crippen LogP contribution in [0, 0.1) is 10.1 Å². The fourth-order valence-corrected chi connectivity index (χ4v) is 6.08. The number of carbonyl (C=O) groups is 1. The number of anilines is 1. The number of carbonyl (C=O) groups excluding carboxylic acids is 1. The van der Waals surface area contributed by atoms with Gasteiger partial charge in [0.05, 0.1) is 53.3 Å². The number of azo groups is 1. The van der Waals surface area contributed by atoms with Crippen molar-refractivity contribution in [1.29, 1.82) is 0 Å². The average molecular weight is 759 g/mol. The highest BCUT2D eigenvalue weighted by Crippen LogP contribution is 2.45. The Morgan fingerprint density at radius 2 is 1.74 bits per heavy atom. The predicted molar refractivity (Wildman–Crippen MR) is 203 cm³/mol. The molecule has 0 saturated heterocycles. The van der Waals surface area contributed by atoms with Crippen molar-refractivity contribution < 1.29 is 42.9 Å². The van der Waals surface area contributed by atoms with E-state index in [-0.39, 0.29) is 37.8 Å². The molecule has 1 amide bonds. The number of non-ortho nitro benzene ring substituents is 1. The number of likely N-dealkylation sites (N-methyl/N-ethyl adjacent to an activating group) is 1. The van der Waals surface area contributed by atoms with Gasteiger partial charge >= 0.3 is 7.82 Å². The molecule has 2 unspecified atom stereocenters. The zero-order chi connectivity index (χ0) is 38.5. The SMILES string of the molecule is CCC(COCCCNC(=O)CCC/C(C)=N/OCCN(CC)c1ccc(/N=N/c2ccc([N+](=O)[O-])c3ccccc23)cc1)OP(=O)(O)OCCCO. The van der Waals surface area contributed by atoms with Crippen LogP contribution in [0.15, 0.2) is 76.0 Å². The lowest BCUT2D eigenvalue weighted by Gasteiger charge is -2.22. The van der Waals surface area contributed by atoms with E-state index in [4.69, 9.17) is 23.7 Å². The quantitative estimate of drug-likeness (QED) is 0.0184. The molecule has 17 heteroatoms. The van der Waals surface area contributed by atoms with E-state index >= 15 is 0 Å². The molecule has 0 fully saturated rings. The van der Waals surface area contributed by atoms with Crippen LogP contribution in [0.5, 0.6) is 0 Å². The second-order valence-corrected chi connectivity index (χ2v) is 13.4. The number of aliphatic hydroxyl groups is 1. The minimum absolute atomic E-state index is 0.0276. The van der Waals surface area contributed by atoms with Crippen molar-refractivity contribution in [3.05, 3.63) is 70.8 Å². The summed E-state index contributed by atoms with van der Waals surface area (Å²) in [4.78, 5) is 40.6. The Morgan fingerprint density at radius 3 is 2.43 bits per heavy atom. The second kappa shape index (κ2) is 23.4. The van der Waals surface area contributed by atoms with E-state index in [1.807, 2.05) is 37.3 Å². The molecule has 0 radical (unpaired) electrons. The third kappa shape index (κ3) is 15.7. The molecule has 0 heterocycles. The van der Waals surface area contributed by atoms with E-state index in [2.05, 4.69) is 32.5 Å². The van der Waals surface area contributed by atoms with Gasteiger partial charge in [0.15, 0.2) is 0 Å². The first-order chi connectivity index (χ1) is 25.6. The molecule has 3 aromatic carbocycles. The van der Waals surface area contributed by atoms with Gasteiger partial charge in [-0.25, -0.2) is 4.57 Å². The Labute approximate surface area is 309 Å². The summed E-state index contributed by atoms with van der Waals surface area (Å²) in [6.07, 6.45) is 2.25. The highest BCUT2D eigenvalue weighted by molar-refractivity contribution is 7.47. The van der Waals surface area contributed by atoms with Gasteiger partial charge in [0.25, 0.3) is 5.69 Å². The first kappa shape index (κ1) is 43.1. The Kier molecular flexibility index (Phi) is 19.0. The molecule has 0 aromatic heterocycles. The number of oxime groups is 1. The molecular formula is C36H51N6O10P. The molecule has 0 spiro atoms. The van der Waals surface area contributed by atoms with Crippen molar-refractivity contribution in [2.75, 3.05) is 57.6 Å². The second-order valence-electron chi connectivity index (χ2n) is 12.0. The normalized spacial score (nSPS) is 13.6. The molecule has 0 bridgehead atoms. The van der Waals surface area contributed by atoms with Gasteiger partial charge in [-0.1, -0.05) is 30.3 Å². The highest BCUT2D eigenvalue weighted by Gasteiger charge is 2.25. The fourth-order valence-electron chi connectivity index (χ4n) is 5.07. The van der Waals surface area contributed by atoms with Crippen LogP contribution in [0.4, 0.5) is 22.7 Å². The first-order valence-electron chi connectivity index (χ1n) is 17.8. The Morgan fingerprint density at radius 1 is 0.981 bits per heavy atom. The van der Waals surface area contributed by atoms with Gasteiger partial charge in [-0.3, -0.25) is 24.0 Å². The molecule has 0 aliphatic heterocycles. The van der Waals surface area contributed by atoms with E-state index in [1.165, 1.54) is 6.07 Å². The third-order valence-electron chi connectivity index (χ3n) is 7.95. The zero-order valence-electron chi connectivity index (χ0n) is 30.6. The maximum absolute atomic E-state index is 12.2. The lowest BCUT2D eigenvalue weighted by atomic mass is 10.1. The van der Waals surface area contributed by atoms with Crippen LogP contribution in [0.25, 0.3) is 10.8 Å². The number of nitro benzene ring substituents is 1. The number of rotatable bonds is 26. The molecule has 2 atom stereocenters. The Hall–Kier alpha value is -4.31. The smallest absolute Gasteiger partial charge is 0.396 e. The summed E-state index contributed by atoms with van der Waals surface area (Å²) in [5.74, 6) is -0.0688. The van der Waals surface area contributed by atoms with E-state index in [9.17, 15) is 24.4 Å². The number of nitro groups is 1. The third-order valence-corrected chi connectivity index (χ3v) is 9.02. The van der Waals surface area contributed by atoms with Crippen LogP contribution >= 0.6 is 7.82 Å². The fraction of sp³-hybridized carbons (Fsp3) is 0.500. The van der Waals surface area contributed by atoms with Crippen molar-refractivity contribution in [1.82, 2.24) is 5.32 Å². The molecule has 0 aliphatic rings. The molecular weight excluding hydrogens is 707 g/mol. The number of ether oxygens (including phenoxy) is 1. The number of benzene rings is 3. The number of fused-ring (bicyclic) bond motifs is 1. The van der Waals surface area contributed by atoms with Crippen LogP contribution in [-0.4, -0.2) is 85.3 Å². The molecule has 290 valence electrons. The minimum atomic E-state index is -4.21. The van der Waals surface area contributed by atoms with Crippen molar-refractivity contribution in [3.63, 3.8) is 0 Å². The summed E-state index contributed by atoms with van der Waals surface area (Å²) in [5.41, 5.74) is 3.01. The summed E-state index contributed by atoms with van der Waals surface area (Å²) in [5, 5.41) is 37.1. The monoisotopic (exact) mass is 758 g/mol. The van der Waals surface area contributed by atoms with Gasteiger partial charge in [0, 0.05) is 49.9 Å². The number of amides is 1. The topological polar surface area (TPSA) is 207 Å². The zero-order valence-corrected chi connectivity index (χ0v) is 31.5. The standard InChI is InChI=1S/C36H51N6O10P/c1-4-31(52-53(47,48)51-25-10-23-43)27-49-24-9-21-37-36(44)14-8-11-28(3)40-50-26-22-41(5-2)30-17-15-29(16-18-30)38-39-34-19-20-35(42(45)46)33-13-7-6-12-32(33)34/h6-7,12-13,15-20,31,43H,4-5,8-11,14,21-27H2,1-3H3,(H,37,44)(H,47,48)/b39-38+,40-28+. The number of nitrogens with one attached hydrogen (secondary N) is 1. The van der Waals surface area contributed by atoms with Crippen LogP contribution in [0.2, 0.25) is 0 Å². The molecule has 3 rings (SSSR count). The van der Waals surface area contributed by atoms with Gasteiger partial charge < -0.3 is 29.8 Å². The maximum atomic E-state index is 12.2. The van der Waals surface area contributed by atoms with Crippen molar-refractivity contribution >= 4 is 53.0 Å². The largest absolute Gasteiger partial charge is 0.472 e. The molecule has 0 saturated carbocycles. The van der Waals surface area contributed by atoms with Gasteiger partial charge in [0.2, 0.25) is 5.91 Å². The maximum Gasteiger partial charge on any atom is 0.472 e. The summed E-state index contributed by atoms with van der Waals surface area (Å²) in [7, 11) is -4.21. The van der Waals surface area contributed by atoms with E-state index in [0.717, 1.165) is 17.9 Å². The van der Waals surface area contributed by atoms with Crippen LogP contribution in [-0.2, 0) is 28.0 Å². The summed E-state index contributed by atoms with van der Waals surface area (Å²) >= 11 is 0. The molecule has 3 N–H and O–H groups in total. The summed E-state index contributed by atoms with van der Waals surface area (Å²) < 4.78 is 27.4.